The smallest absolute Gasteiger partial charge is 0.338 e. The molecule has 0 fully saturated rings. The molecule has 0 amide bonds. The first-order chi connectivity index (χ1) is 13.1. The van der Waals surface area contributed by atoms with Crippen LogP contribution in [0.2, 0.25) is 0 Å². The summed E-state index contributed by atoms with van der Waals surface area (Å²) in [5.74, 6) is 0.117. The first-order valence-electron chi connectivity index (χ1n) is 8.39. The van der Waals surface area contributed by atoms with Crippen molar-refractivity contribution in [3.63, 3.8) is 0 Å². The molecule has 1 aliphatic rings. The number of hydrogen-bond donors (Lipinski definition) is 2. The Morgan fingerprint density at radius 1 is 1.19 bits per heavy atom. The molecule has 2 heterocycles. The predicted molar refractivity (Wildman–Crippen MR) is 96.6 cm³/mol. The maximum atomic E-state index is 12.9. The van der Waals surface area contributed by atoms with Crippen molar-refractivity contribution in [1.82, 2.24) is 20.2 Å². The number of carbonyl (C=O) groups is 1. The van der Waals surface area contributed by atoms with Crippen molar-refractivity contribution in [3.8, 4) is 5.75 Å². The highest BCUT2D eigenvalue weighted by atomic mass is 16.5. The van der Waals surface area contributed by atoms with Crippen molar-refractivity contribution in [1.29, 1.82) is 0 Å². The van der Waals surface area contributed by atoms with Gasteiger partial charge in [-0.2, -0.15) is 4.68 Å². The first kappa shape index (κ1) is 16.8. The second-order valence-corrected chi connectivity index (χ2v) is 6.17. The van der Waals surface area contributed by atoms with E-state index in [2.05, 4.69) is 20.8 Å². The number of benzene rings is 2. The fourth-order valence-electron chi connectivity index (χ4n) is 3.04. The molecule has 8 heteroatoms. The van der Waals surface area contributed by atoms with E-state index in [-0.39, 0.29) is 12.4 Å². The Balaban J connectivity index is 1.67. The molecule has 2 aromatic carbocycles. The minimum Gasteiger partial charge on any atom is -0.508 e. The van der Waals surface area contributed by atoms with Crippen LogP contribution in [0.1, 0.15) is 24.1 Å². The Bertz CT molecular complexity index is 996. The van der Waals surface area contributed by atoms with E-state index in [9.17, 15) is 9.90 Å². The van der Waals surface area contributed by atoms with Crippen LogP contribution in [0.5, 0.6) is 5.75 Å². The summed E-state index contributed by atoms with van der Waals surface area (Å²) in [7, 11) is 0. The molecule has 4 rings (SSSR count). The van der Waals surface area contributed by atoms with Crippen LogP contribution in [0.25, 0.3) is 0 Å². The number of carbonyl (C=O) groups excluding carboxylic acids is 1. The monoisotopic (exact) mass is 363 g/mol. The van der Waals surface area contributed by atoms with E-state index in [1.807, 2.05) is 30.3 Å². The van der Waals surface area contributed by atoms with Crippen LogP contribution in [0, 0.1) is 0 Å². The van der Waals surface area contributed by atoms with Gasteiger partial charge in [0.05, 0.1) is 5.57 Å². The number of nitrogens with one attached hydrogen (secondary N) is 1. The van der Waals surface area contributed by atoms with E-state index >= 15 is 0 Å². The number of aromatic nitrogens is 4. The molecule has 0 spiro atoms. The average Bonchev–Trinajstić information content (AvgIpc) is 3.14. The number of nitrogens with zero attached hydrogens (tertiary/aromatic N) is 4. The lowest BCUT2D eigenvalue weighted by Crippen LogP contribution is -2.29. The van der Waals surface area contributed by atoms with Gasteiger partial charge >= 0.3 is 5.97 Å². The molecule has 2 N–H and O–H groups in total. The van der Waals surface area contributed by atoms with Gasteiger partial charge < -0.3 is 15.2 Å². The Morgan fingerprint density at radius 2 is 1.93 bits per heavy atom. The van der Waals surface area contributed by atoms with Gasteiger partial charge in [0.2, 0.25) is 5.95 Å². The number of ether oxygens (including phenoxy) is 1. The number of fused-ring (bicyclic) bond motifs is 1. The molecular weight excluding hydrogens is 346 g/mol. The molecule has 1 unspecified atom stereocenters. The standard InChI is InChI=1S/C19H17N5O3/c1-12-16(18(26)27-11-13-5-3-2-4-6-13)17(14-7-9-15(25)10-8-14)24-19(20-12)21-22-23-24/h2-10,17,25H,11H2,1H3,(H,20,21,23). The lowest BCUT2D eigenvalue weighted by Gasteiger charge is -2.27. The van der Waals surface area contributed by atoms with Gasteiger partial charge in [-0.05, 0) is 40.6 Å². The fourth-order valence-corrected chi connectivity index (χ4v) is 3.04. The van der Waals surface area contributed by atoms with Crippen LogP contribution >= 0.6 is 0 Å². The summed E-state index contributed by atoms with van der Waals surface area (Å²) in [6.45, 7) is 1.95. The van der Waals surface area contributed by atoms with Gasteiger partial charge in [-0.3, -0.25) is 0 Å². The van der Waals surface area contributed by atoms with E-state index in [4.69, 9.17) is 4.74 Å². The molecule has 0 bridgehead atoms. The number of phenolic OH excluding ortho intramolecular Hbond substituents is 1. The quantitative estimate of drug-likeness (QED) is 0.686. The summed E-state index contributed by atoms with van der Waals surface area (Å²) in [5, 5.41) is 24.3. The number of aromatic hydroxyl groups is 1. The van der Waals surface area contributed by atoms with Gasteiger partial charge in [-0.1, -0.05) is 47.6 Å². The molecule has 8 nitrogen and oxygen atoms in total. The van der Waals surface area contributed by atoms with Crippen LogP contribution in [0.4, 0.5) is 5.95 Å². The van der Waals surface area contributed by atoms with E-state index in [1.54, 1.807) is 31.2 Å². The maximum absolute atomic E-state index is 12.9. The van der Waals surface area contributed by atoms with Crippen molar-refractivity contribution in [2.45, 2.75) is 19.6 Å². The third-order valence-electron chi connectivity index (χ3n) is 4.36. The number of rotatable bonds is 4. The Kier molecular flexibility index (Phi) is 4.29. The third kappa shape index (κ3) is 3.24. The van der Waals surface area contributed by atoms with Crippen molar-refractivity contribution < 1.29 is 14.6 Å². The molecular formula is C19H17N5O3. The Labute approximate surface area is 155 Å². The van der Waals surface area contributed by atoms with E-state index in [1.165, 1.54) is 4.68 Å². The number of hydrogen-bond acceptors (Lipinski definition) is 7. The second-order valence-electron chi connectivity index (χ2n) is 6.17. The van der Waals surface area contributed by atoms with Gasteiger partial charge in [0.1, 0.15) is 18.4 Å². The highest BCUT2D eigenvalue weighted by molar-refractivity contribution is 5.92. The van der Waals surface area contributed by atoms with Crippen molar-refractivity contribution in [3.05, 3.63) is 77.0 Å². The highest BCUT2D eigenvalue weighted by Crippen LogP contribution is 2.35. The van der Waals surface area contributed by atoms with E-state index in [0.717, 1.165) is 11.1 Å². The van der Waals surface area contributed by atoms with Gasteiger partial charge in [0.25, 0.3) is 0 Å². The number of tetrazole rings is 1. The van der Waals surface area contributed by atoms with Crippen LogP contribution < -0.4 is 5.32 Å². The molecule has 27 heavy (non-hydrogen) atoms. The largest absolute Gasteiger partial charge is 0.508 e. The predicted octanol–water partition coefficient (Wildman–Crippen LogP) is 2.41. The SMILES string of the molecule is CC1=C(C(=O)OCc2ccccc2)C(c2ccc(O)cc2)n2nnnc2N1. The number of allylic oxidation sites excluding steroid dienone is 1. The minimum atomic E-state index is -0.555. The zero-order valence-corrected chi connectivity index (χ0v) is 14.5. The average molecular weight is 363 g/mol. The van der Waals surface area contributed by atoms with Gasteiger partial charge in [0.15, 0.2) is 0 Å². The van der Waals surface area contributed by atoms with Gasteiger partial charge in [-0.15, -0.1) is 0 Å². The highest BCUT2D eigenvalue weighted by Gasteiger charge is 2.34. The molecule has 0 saturated carbocycles. The molecule has 1 aliphatic heterocycles. The molecule has 1 atom stereocenters. The van der Waals surface area contributed by atoms with Crippen molar-refractivity contribution >= 4 is 11.9 Å². The zero-order chi connectivity index (χ0) is 18.8. The molecule has 0 saturated heterocycles. The molecule has 1 aromatic heterocycles. The summed E-state index contributed by atoms with van der Waals surface area (Å²) < 4.78 is 7.06. The topological polar surface area (TPSA) is 102 Å². The lowest BCUT2D eigenvalue weighted by atomic mass is 9.96. The third-order valence-corrected chi connectivity index (χ3v) is 4.36. The second kappa shape index (κ2) is 6.91. The van der Waals surface area contributed by atoms with Crippen LogP contribution in [-0.2, 0) is 16.1 Å². The summed E-state index contributed by atoms with van der Waals surface area (Å²) in [6.07, 6.45) is 0. The molecule has 3 aromatic rings. The summed E-state index contributed by atoms with van der Waals surface area (Å²) in [6, 6.07) is 15.5. The first-order valence-corrected chi connectivity index (χ1v) is 8.39. The minimum absolute atomic E-state index is 0.138. The van der Waals surface area contributed by atoms with Gasteiger partial charge in [-0.25, -0.2) is 4.79 Å². The fraction of sp³-hybridized carbons (Fsp3) is 0.158. The number of phenols is 1. The van der Waals surface area contributed by atoms with Crippen LogP contribution in [0.15, 0.2) is 65.9 Å². The lowest BCUT2D eigenvalue weighted by molar-refractivity contribution is -0.140. The molecule has 0 radical (unpaired) electrons. The normalized spacial score (nSPS) is 15.8. The number of esters is 1. The summed E-state index contributed by atoms with van der Waals surface area (Å²) in [5.41, 5.74) is 2.69. The number of anilines is 1. The van der Waals surface area contributed by atoms with Gasteiger partial charge in [0, 0.05) is 5.70 Å². The summed E-state index contributed by atoms with van der Waals surface area (Å²) in [4.78, 5) is 12.9. The van der Waals surface area contributed by atoms with Crippen LogP contribution in [-0.4, -0.2) is 31.3 Å². The summed E-state index contributed by atoms with van der Waals surface area (Å²) >= 11 is 0. The van der Waals surface area contributed by atoms with Crippen LogP contribution in [0.3, 0.4) is 0 Å². The van der Waals surface area contributed by atoms with Crippen molar-refractivity contribution in [2.24, 2.45) is 0 Å². The Hall–Kier alpha value is -3.68. The van der Waals surface area contributed by atoms with E-state index in [0.29, 0.717) is 17.2 Å². The Morgan fingerprint density at radius 3 is 2.67 bits per heavy atom. The molecule has 136 valence electrons. The molecule has 0 aliphatic carbocycles. The maximum Gasteiger partial charge on any atom is 0.338 e. The zero-order valence-electron chi connectivity index (χ0n) is 14.5. The van der Waals surface area contributed by atoms with Crippen molar-refractivity contribution in [2.75, 3.05) is 5.32 Å². The van der Waals surface area contributed by atoms with E-state index < -0.39 is 12.0 Å².